The third-order valence-electron chi connectivity index (χ3n) is 5.74. The molecule has 3 N–H and O–H groups in total. The van der Waals surface area contributed by atoms with Crippen molar-refractivity contribution >= 4 is 11.9 Å². The minimum Gasteiger partial charge on any atom is -1.00 e. The molecule has 0 aromatic heterocycles. The molecule has 0 unspecified atom stereocenters. The van der Waals surface area contributed by atoms with Crippen LogP contribution in [0.1, 0.15) is 112 Å². The Kier molecular flexibility index (Phi) is 27.1. The average Bonchev–Trinajstić information content (AvgIpc) is 2.72. The van der Waals surface area contributed by atoms with E-state index in [2.05, 4.69) is 19.2 Å². The van der Waals surface area contributed by atoms with Gasteiger partial charge in [-0.2, -0.15) is 0 Å². The maximum Gasteiger partial charge on any atom is 1.00 e. The molecule has 0 saturated heterocycles. The summed E-state index contributed by atoms with van der Waals surface area (Å²) in [5, 5.41) is 20.7. The van der Waals surface area contributed by atoms with Crippen LogP contribution in [-0.2, 0) is 9.59 Å². The zero-order valence-electron chi connectivity index (χ0n) is 22.4. The first-order valence-electron chi connectivity index (χ1n) is 12.8. The standard InChI is InChI=1S/C25H50N2O4.Na.H/c1-23(2)15-13-11-9-7-5-3-4-6-8-10-12-14-16-24(29)26-18-20-27(21-22-28)19-17-25(30)31;;/h23,28H,3-22H2,1-2H3,(H,26,29)(H,30,31);;/q;+1;-1. The zero-order chi connectivity index (χ0) is 23.2. The minimum absolute atomic E-state index is 0. The summed E-state index contributed by atoms with van der Waals surface area (Å²) in [7, 11) is 0. The van der Waals surface area contributed by atoms with Crippen molar-refractivity contribution in [3.63, 3.8) is 0 Å². The van der Waals surface area contributed by atoms with E-state index in [1.807, 2.05) is 4.90 Å². The summed E-state index contributed by atoms with van der Waals surface area (Å²) in [4.78, 5) is 24.4. The maximum atomic E-state index is 11.9. The largest absolute Gasteiger partial charge is 1.00 e. The van der Waals surface area contributed by atoms with E-state index in [-0.39, 0.29) is 49.9 Å². The summed E-state index contributed by atoms with van der Waals surface area (Å²) < 4.78 is 0. The van der Waals surface area contributed by atoms with Crippen LogP contribution in [0.25, 0.3) is 0 Å². The third-order valence-corrected chi connectivity index (χ3v) is 5.74. The first-order chi connectivity index (χ1) is 15.0. The van der Waals surface area contributed by atoms with Crippen molar-refractivity contribution < 1.29 is 50.8 Å². The van der Waals surface area contributed by atoms with Crippen LogP contribution in [0.3, 0.4) is 0 Å². The second kappa shape index (κ2) is 25.5. The van der Waals surface area contributed by atoms with Gasteiger partial charge < -0.3 is 17.0 Å². The van der Waals surface area contributed by atoms with Crippen molar-refractivity contribution in [3.8, 4) is 0 Å². The Hall–Kier alpha value is -0.140. The Labute approximate surface area is 221 Å². The Balaban J connectivity index is -0.00000450. The van der Waals surface area contributed by atoms with Crippen LogP contribution in [0.4, 0.5) is 0 Å². The normalized spacial score (nSPS) is 11.0. The second-order valence-electron chi connectivity index (χ2n) is 9.23. The fourth-order valence-corrected chi connectivity index (χ4v) is 3.78. The van der Waals surface area contributed by atoms with Crippen LogP contribution in [-0.4, -0.2) is 59.8 Å². The number of hydrogen-bond donors (Lipinski definition) is 3. The molecule has 0 heterocycles. The first kappa shape index (κ1) is 34.0. The summed E-state index contributed by atoms with van der Waals surface area (Å²) in [6.45, 7) is 6.49. The van der Waals surface area contributed by atoms with Crippen LogP contribution in [0, 0.1) is 5.92 Å². The number of aliphatic hydroxyl groups excluding tert-OH is 1. The first-order valence-corrected chi connectivity index (χ1v) is 12.8. The SMILES string of the molecule is CC(C)CCCCCCCCCCCCCCC(=O)NCCN(CCO)CCC(=O)O.[H-].[Na+]. The molecular weight excluding hydrogens is 415 g/mol. The van der Waals surface area contributed by atoms with E-state index in [1.54, 1.807) is 0 Å². The molecule has 0 bridgehead atoms. The summed E-state index contributed by atoms with van der Waals surface area (Å²) in [5.41, 5.74) is 0. The van der Waals surface area contributed by atoms with Crippen molar-refractivity contribution in [1.82, 2.24) is 10.2 Å². The Morgan fingerprint density at radius 3 is 1.75 bits per heavy atom. The van der Waals surface area contributed by atoms with Crippen LogP contribution in [0.2, 0.25) is 0 Å². The van der Waals surface area contributed by atoms with E-state index in [1.165, 1.54) is 70.6 Å². The van der Waals surface area contributed by atoms with Crippen molar-refractivity contribution in [2.45, 2.75) is 110 Å². The van der Waals surface area contributed by atoms with Gasteiger partial charge in [-0.25, -0.2) is 0 Å². The third kappa shape index (κ3) is 26.1. The van der Waals surface area contributed by atoms with E-state index < -0.39 is 5.97 Å². The van der Waals surface area contributed by atoms with Gasteiger partial charge in [0.25, 0.3) is 0 Å². The van der Waals surface area contributed by atoms with Gasteiger partial charge in [0, 0.05) is 32.6 Å². The molecule has 0 rings (SSSR count). The number of carbonyl (C=O) groups is 2. The van der Waals surface area contributed by atoms with Gasteiger partial charge in [0.2, 0.25) is 5.91 Å². The van der Waals surface area contributed by atoms with Gasteiger partial charge in [-0.1, -0.05) is 90.9 Å². The number of amides is 1. The van der Waals surface area contributed by atoms with E-state index in [0.29, 0.717) is 32.6 Å². The molecule has 1 amide bonds. The van der Waals surface area contributed by atoms with E-state index in [9.17, 15) is 9.59 Å². The van der Waals surface area contributed by atoms with Crippen molar-refractivity contribution in [1.29, 1.82) is 0 Å². The molecule has 6 nitrogen and oxygen atoms in total. The number of hydrogen-bond acceptors (Lipinski definition) is 4. The fraction of sp³-hybridized carbons (Fsp3) is 0.920. The molecule has 186 valence electrons. The molecule has 0 fully saturated rings. The number of carboxylic acid groups (broad SMARTS) is 1. The Morgan fingerprint density at radius 1 is 0.781 bits per heavy atom. The molecule has 0 aliphatic carbocycles. The predicted molar refractivity (Wildman–Crippen MR) is 129 cm³/mol. The summed E-state index contributed by atoms with van der Waals surface area (Å²) in [6.07, 6.45) is 17.5. The van der Waals surface area contributed by atoms with Gasteiger partial charge in [-0.05, 0) is 12.3 Å². The molecule has 32 heavy (non-hydrogen) atoms. The number of aliphatic carboxylic acids is 1. The number of rotatable bonds is 23. The number of carbonyl (C=O) groups excluding carboxylic acids is 1. The Bertz CT molecular complexity index is 443. The smallest absolute Gasteiger partial charge is 1.00 e. The van der Waals surface area contributed by atoms with Crippen LogP contribution in [0.15, 0.2) is 0 Å². The van der Waals surface area contributed by atoms with Gasteiger partial charge in [0.05, 0.1) is 13.0 Å². The molecule has 0 aliphatic heterocycles. The van der Waals surface area contributed by atoms with Crippen LogP contribution in [0.5, 0.6) is 0 Å². The number of unbranched alkanes of at least 4 members (excludes halogenated alkanes) is 11. The molecular formula is C25H51N2NaO4. The van der Waals surface area contributed by atoms with Crippen LogP contribution < -0.4 is 34.9 Å². The molecule has 0 aromatic rings. The molecule has 0 spiro atoms. The monoisotopic (exact) mass is 466 g/mol. The summed E-state index contributed by atoms with van der Waals surface area (Å²) >= 11 is 0. The van der Waals surface area contributed by atoms with Gasteiger partial charge >= 0.3 is 35.5 Å². The fourth-order valence-electron chi connectivity index (χ4n) is 3.78. The molecule has 0 radical (unpaired) electrons. The van der Waals surface area contributed by atoms with Gasteiger partial charge in [-0.15, -0.1) is 0 Å². The molecule has 0 aliphatic rings. The Morgan fingerprint density at radius 2 is 1.28 bits per heavy atom. The van der Waals surface area contributed by atoms with Gasteiger partial charge in [-0.3, -0.25) is 14.5 Å². The molecule has 0 aromatic carbocycles. The number of nitrogens with zero attached hydrogens (tertiary/aromatic N) is 1. The molecule has 0 saturated carbocycles. The summed E-state index contributed by atoms with van der Waals surface area (Å²) in [5.74, 6) is 0.0645. The molecule has 7 heteroatoms. The predicted octanol–water partition coefficient (Wildman–Crippen LogP) is 2.11. The van der Waals surface area contributed by atoms with Crippen molar-refractivity contribution in [2.75, 3.05) is 32.8 Å². The molecule has 0 atom stereocenters. The van der Waals surface area contributed by atoms with Crippen molar-refractivity contribution in [2.24, 2.45) is 5.92 Å². The average molecular weight is 467 g/mol. The second-order valence-corrected chi connectivity index (χ2v) is 9.23. The van der Waals surface area contributed by atoms with Gasteiger partial charge in [0.1, 0.15) is 0 Å². The van der Waals surface area contributed by atoms with E-state index >= 15 is 0 Å². The van der Waals surface area contributed by atoms with E-state index in [0.717, 1.165) is 18.8 Å². The number of aliphatic hydroxyl groups is 1. The summed E-state index contributed by atoms with van der Waals surface area (Å²) in [6, 6.07) is 0. The van der Waals surface area contributed by atoms with E-state index in [4.69, 9.17) is 10.2 Å². The minimum atomic E-state index is -0.848. The maximum absolute atomic E-state index is 11.9. The van der Waals surface area contributed by atoms with Gasteiger partial charge in [0.15, 0.2) is 0 Å². The number of carboxylic acids is 1. The van der Waals surface area contributed by atoms with Crippen LogP contribution >= 0.6 is 0 Å². The quantitative estimate of drug-likeness (QED) is 0.159. The number of nitrogens with one attached hydrogen (secondary N) is 1. The topological polar surface area (TPSA) is 89.9 Å². The van der Waals surface area contributed by atoms with Crippen molar-refractivity contribution in [3.05, 3.63) is 0 Å². The zero-order valence-corrected chi connectivity index (χ0v) is 23.4.